The molecule has 0 aromatic heterocycles. The van der Waals surface area contributed by atoms with E-state index in [4.69, 9.17) is 19.9 Å². The summed E-state index contributed by atoms with van der Waals surface area (Å²) in [5, 5.41) is 41.0. The zero-order valence-corrected chi connectivity index (χ0v) is 23.3. The number of carbonyl (C=O) groups is 2. The van der Waals surface area contributed by atoms with Crippen LogP contribution < -0.4 is 10.5 Å². The number of methoxy groups -OCH3 is 2. The van der Waals surface area contributed by atoms with Crippen LogP contribution in [0.3, 0.4) is 0 Å². The lowest BCUT2D eigenvalue weighted by Gasteiger charge is -2.35. The summed E-state index contributed by atoms with van der Waals surface area (Å²) in [6.45, 7) is 3.85. The number of hydrogen-bond acceptors (Lipinski definition) is 10. The molecule has 2 aromatic rings. The Labute approximate surface area is 233 Å². The first-order chi connectivity index (χ1) is 19.1. The second-order valence-corrected chi connectivity index (χ2v) is 10.7. The summed E-state index contributed by atoms with van der Waals surface area (Å²) in [6.07, 6.45) is 1.96. The van der Waals surface area contributed by atoms with E-state index in [9.17, 15) is 30.0 Å². The standard InChI is InChI=1S/C23H24O6.C7H15NO3/c1-3-11(10-24)12-7-8-13-15(9-12)22(27)18-19(20(13)25)23(28)17-14(21(18)26)5-4-6-16(17)29-2;1-4-7(9)5(8)3-6(10-2)11-4/h4-6,11-12,24-25,27H,3,7-10H2,1-2H3;4-7,9H,3,8H2,1-2H3. The molecule has 0 radical (unpaired) electrons. The SMILES string of the molecule is CCC(CO)C1CCc2c(O)c3c(c(O)c2C1)C(=O)c1cccc(OC)c1C3=O.COC1CC(N)C(O)C(C)O1. The van der Waals surface area contributed by atoms with Crippen molar-refractivity contribution in [3.05, 3.63) is 51.6 Å². The van der Waals surface area contributed by atoms with E-state index in [1.54, 1.807) is 26.2 Å². The van der Waals surface area contributed by atoms with Crippen LogP contribution in [-0.4, -0.2) is 77.4 Å². The number of phenols is 2. The lowest BCUT2D eigenvalue weighted by Crippen LogP contribution is -2.51. The van der Waals surface area contributed by atoms with Crippen LogP contribution in [-0.2, 0) is 22.3 Å². The summed E-state index contributed by atoms with van der Waals surface area (Å²) < 4.78 is 15.5. The number of carbonyl (C=O) groups excluding carboxylic acids is 2. The Morgan fingerprint density at radius 2 is 1.75 bits per heavy atom. The Kier molecular flexibility index (Phi) is 9.16. The van der Waals surface area contributed by atoms with Crippen molar-refractivity contribution in [3.63, 3.8) is 0 Å². The van der Waals surface area contributed by atoms with Gasteiger partial charge in [0.25, 0.3) is 0 Å². The van der Waals surface area contributed by atoms with E-state index >= 15 is 0 Å². The van der Waals surface area contributed by atoms with E-state index < -0.39 is 17.7 Å². The van der Waals surface area contributed by atoms with Crippen LogP contribution in [0.4, 0.5) is 0 Å². The Morgan fingerprint density at radius 1 is 1.07 bits per heavy atom. The summed E-state index contributed by atoms with van der Waals surface area (Å²) in [4.78, 5) is 26.4. The monoisotopic (exact) mass is 557 g/mol. The molecule has 0 spiro atoms. The van der Waals surface area contributed by atoms with Gasteiger partial charge in [-0.15, -0.1) is 0 Å². The highest BCUT2D eigenvalue weighted by Crippen LogP contribution is 2.48. The number of aliphatic hydroxyl groups is 2. The molecular formula is C30H39NO9. The van der Waals surface area contributed by atoms with Gasteiger partial charge < -0.3 is 40.4 Å². The van der Waals surface area contributed by atoms with Crippen LogP contribution in [0.25, 0.3) is 0 Å². The number of ketones is 2. The first-order valence-corrected chi connectivity index (χ1v) is 13.7. The van der Waals surface area contributed by atoms with Crippen molar-refractivity contribution in [3.8, 4) is 17.2 Å². The first-order valence-electron chi connectivity index (χ1n) is 13.7. The van der Waals surface area contributed by atoms with Crippen LogP contribution in [0.1, 0.15) is 76.1 Å². The second kappa shape index (κ2) is 12.2. The Morgan fingerprint density at radius 3 is 2.35 bits per heavy atom. The molecule has 10 heteroatoms. The minimum atomic E-state index is -0.568. The first kappa shape index (κ1) is 30.0. The summed E-state index contributed by atoms with van der Waals surface area (Å²) in [7, 11) is 2.99. The van der Waals surface area contributed by atoms with Gasteiger partial charge in [-0.05, 0) is 44.1 Å². The lowest BCUT2D eigenvalue weighted by molar-refractivity contribution is -0.211. The smallest absolute Gasteiger partial charge is 0.202 e. The van der Waals surface area contributed by atoms with E-state index in [2.05, 4.69) is 0 Å². The second-order valence-electron chi connectivity index (χ2n) is 10.7. The maximum Gasteiger partial charge on any atom is 0.202 e. The van der Waals surface area contributed by atoms with Gasteiger partial charge in [0.05, 0.1) is 36.0 Å². The van der Waals surface area contributed by atoms with Crippen molar-refractivity contribution in [2.45, 2.75) is 70.5 Å². The molecule has 0 bridgehead atoms. The molecule has 1 fully saturated rings. The highest BCUT2D eigenvalue weighted by Gasteiger charge is 2.41. The Hall–Kier alpha value is -3.02. The Bertz CT molecular complexity index is 1260. The predicted molar refractivity (Wildman–Crippen MR) is 146 cm³/mol. The molecule has 1 aliphatic heterocycles. The number of ether oxygens (including phenoxy) is 3. The number of rotatable bonds is 5. The molecule has 6 N–H and O–H groups in total. The van der Waals surface area contributed by atoms with Crippen molar-refractivity contribution >= 4 is 11.6 Å². The molecule has 0 amide bonds. The van der Waals surface area contributed by atoms with E-state index in [-0.39, 0.29) is 76.4 Å². The van der Waals surface area contributed by atoms with E-state index in [0.29, 0.717) is 30.4 Å². The Balaban J connectivity index is 0.000000283. The molecular weight excluding hydrogens is 518 g/mol. The van der Waals surface area contributed by atoms with Crippen molar-refractivity contribution in [1.29, 1.82) is 0 Å². The van der Waals surface area contributed by atoms with Gasteiger partial charge in [-0.2, -0.15) is 0 Å². The molecule has 5 rings (SSSR count). The van der Waals surface area contributed by atoms with Gasteiger partial charge >= 0.3 is 0 Å². The molecule has 218 valence electrons. The largest absolute Gasteiger partial charge is 0.507 e. The van der Waals surface area contributed by atoms with Crippen LogP contribution in [0.2, 0.25) is 0 Å². The third kappa shape index (κ3) is 5.22. The maximum absolute atomic E-state index is 13.2. The molecule has 2 aliphatic carbocycles. The van der Waals surface area contributed by atoms with E-state index in [1.165, 1.54) is 13.2 Å². The summed E-state index contributed by atoms with van der Waals surface area (Å²) in [5.41, 5.74) is 6.65. The number of fused-ring (bicyclic) bond motifs is 3. The van der Waals surface area contributed by atoms with Crippen LogP contribution in [0, 0.1) is 11.8 Å². The predicted octanol–water partition coefficient (Wildman–Crippen LogP) is 2.46. The third-order valence-corrected chi connectivity index (χ3v) is 8.50. The maximum atomic E-state index is 13.2. The van der Waals surface area contributed by atoms with Gasteiger partial charge in [-0.3, -0.25) is 9.59 Å². The van der Waals surface area contributed by atoms with Crippen molar-refractivity contribution < 1.29 is 44.2 Å². The van der Waals surface area contributed by atoms with Gasteiger partial charge in [0.2, 0.25) is 5.78 Å². The van der Waals surface area contributed by atoms with Crippen molar-refractivity contribution in [2.75, 3.05) is 20.8 Å². The fraction of sp³-hybridized carbons (Fsp3) is 0.533. The van der Waals surface area contributed by atoms with Gasteiger partial charge in [-0.1, -0.05) is 25.5 Å². The number of nitrogens with two attached hydrogens (primary N) is 1. The highest BCUT2D eigenvalue weighted by molar-refractivity contribution is 6.31. The fourth-order valence-corrected chi connectivity index (χ4v) is 6.08. The quantitative estimate of drug-likeness (QED) is 0.294. The number of hydrogen-bond donors (Lipinski definition) is 5. The molecule has 2 aromatic carbocycles. The normalized spacial score (nSPS) is 26.1. The molecule has 10 nitrogen and oxygen atoms in total. The number of aromatic hydroxyl groups is 2. The summed E-state index contributed by atoms with van der Waals surface area (Å²) in [6, 6.07) is 4.50. The van der Waals surface area contributed by atoms with E-state index in [0.717, 1.165) is 12.8 Å². The summed E-state index contributed by atoms with van der Waals surface area (Å²) in [5.74, 6) is -0.982. The number of phenolic OH excluding ortho intramolecular Hbond substituents is 2. The van der Waals surface area contributed by atoms with Crippen LogP contribution in [0.15, 0.2) is 18.2 Å². The van der Waals surface area contributed by atoms with E-state index in [1.807, 2.05) is 6.92 Å². The topological polar surface area (TPSA) is 169 Å². The fourth-order valence-electron chi connectivity index (χ4n) is 6.08. The molecule has 40 heavy (non-hydrogen) atoms. The molecule has 1 saturated heterocycles. The molecule has 6 atom stereocenters. The number of aliphatic hydroxyl groups excluding tert-OH is 2. The number of benzene rings is 2. The average Bonchev–Trinajstić information content (AvgIpc) is 2.96. The molecule has 0 saturated carbocycles. The van der Waals surface area contributed by atoms with Crippen molar-refractivity contribution in [1.82, 2.24) is 0 Å². The van der Waals surface area contributed by atoms with Gasteiger partial charge in [0, 0.05) is 42.9 Å². The molecule has 1 heterocycles. The van der Waals surface area contributed by atoms with Gasteiger partial charge in [0.15, 0.2) is 12.1 Å². The highest BCUT2D eigenvalue weighted by atomic mass is 16.7. The minimum Gasteiger partial charge on any atom is -0.507 e. The van der Waals surface area contributed by atoms with Crippen LogP contribution >= 0.6 is 0 Å². The van der Waals surface area contributed by atoms with Crippen LogP contribution in [0.5, 0.6) is 17.2 Å². The van der Waals surface area contributed by atoms with Crippen molar-refractivity contribution in [2.24, 2.45) is 17.6 Å². The van der Waals surface area contributed by atoms with Gasteiger partial charge in [0.1, 0.15) is 17.2 Å². The minimum absolute atomic E-state index is 0.0543. The zero-order chi connectivity index (χ0) is 29.3. The third-order valence-electron chi connectivity index (χ3n) is 8.50. The molecule has 6 unspecified atom stereocenters. The average molecular weight is 558 g/mol. The van der Waals surface area contributed by atoms with Gasteiger partial charge in [-0.25, -0.2) is 0 Å². The zero-order valence-electron chi connectivity index (χ0n) is 23.3. The summed E-state index contributed by atoms with van der Waals surface area (Å²) >= 11 is 0. The molecule has 3 aliphatic rings. The lowest BCUT2D eigenvalue weighted by atomic mass is 9.72.